The Hall–Kier alpha value is -1.41. The number of alkyl halides is 2. The van der Waals surface area contributed by atoms with Gasteiger partial charge in [-0.3, -0.25) is 0 Å². The maximum atomic E-state index is 12.3. The molecule has 0 saturated heterocycles. The molecule has 0 aliphatic rings. The topological polar surface area (TPSA) is 55.4 Å². The Morgan fingerprint density at radius 2 is 1.62 bits per heavy atom. The van der Waals surface area contributed by atoms with Gasteiger partial charge in [0.25, 0.3) is 0 Å². The average molecular weight is 396 g/mol. The van der Waals surface area contributed by atoms with Gasteiger partial charge >= 0.3 is 6.61 Å². The van der Waals surface area contributed by atoms with E-state index in [1.165, 1.54) is 24.3 Å². The van der Waals surface area contributed by atoms with E-state index in [4.69, 9.17) is 23.2 Å². The zero-order chi connectivity index (χ0) is 17.7. The zero-order valence-corrected chi connectivity index (χ0v) is 14.5. The van der Waals surface area contributed by atoms with Crippen LogP contribution in [0.15, 0.2) is 47.4 Å². The first kappa shape index (κ1) is 18.9. The number of hydrogen-bond donors (Lipinski definition) is 1. The van der Waals surface area contributed by atoms with Gasteiger partial charge in [-0.25, -0.2) is 13.1 Å². The summed E-state index contributed by atoms with van der Waals surface area (Å²) < 4.78 is 55.3. The van der Waals surface area contributed by atoms with E-state index in [-0.39, 0.29) is 27.2 Å². The van der Waals surface area contributed by atoms with E-state index < -0.39 is 16.6 Å². The number of sulfonamides is 1. The minimum Gasteiger partial charge on any atom is -0.435 e. The van der Waals surface area contributed by atoms with Crippen molar-refractivity contribution in [2.24, 2.45) is 0 Å². The second-order valence-corrected chi connectivity index (χ2v) is 7.24. The minimum atomic E-state index is -3.85. The number of rotatable bonds is 7. The SMILES string of the molecule is O=S(=O)(NCCc1ccc(OC(F)F)cc1)c1c(Cl)cccc1Cl. The Morgan fingerprint density at radius 3 is 2.17 bits per heavy atom. The molecule has 130 valence electrons. The Bertz CT molecular complexity index is 779. The van der Waals surface area contributed by atoms with Gasteiger partial charge in [0.05, 0.1) is 10.0 Å². The molecule has 1 N–H and O–H groups in total. The fourth-order valence-electron chi connectivity index (χ4n) is 1.98. The zero-order valence-electron chi connectivity index (χ0n) is 12.2. The molecule has 2 aromatic carbocycles. The summed E-state index contributed by atoms with van der Waals surface area (Å²) in [6.45, 7) is -2.79. The summed E-state index contributed by atoms with van der Waals surface area (Å²) in [5.41, 5.74) is 0.754. The lowest BCUT2D eigenvalue weighted by atomic mass is 10.1. The fourth-order valence-corrected chi connectivity index (χ4v) is 4.15. The van der Waals surface area contributed by atoms with Crippen LogP contribution in [0.4, 0.5) is 8.78 Å². The Kier molecular flexibility index (Phi) is 6.40. The summed E-state index contributed by atoms with van der Waals surface area (Å²) in [5, 5.41) is 0.0620. The van der Waals surface area contributed by atoms with E-state index >= 15 is 0 Å². The molecule has 0 atom stereocenters. The normalized spacial score (nSPS) is 11.7. The maximum absolute atomic E-state index is 12.3. The molecule has 0 heterocycles. The molecule has 0 aliphatic carbocycles. The molecule has 0 radical (unpaired) electrons. The molecule has 0 spiro atoms. The van der Waals surface area contributed by atoms with Crippen LogP contribution >= 0.6 is 23.2 Å². The van der Waals surface area contributed by atoms with Crippen molar-refractivity contribution >= 4 is 33.2 Å². The highest BCUT2D eigenvalue weighted by atomic mass is 35.5. The van der Waals surface area contributed by atoms with Crippen LogP contribution in [0.2, 0.25) is 10.0 Å². The molecule has 0 aromatic heterocycles. The molecule has 0 amide bonds. The second-order valence-electron chi connectivity index (χ2n) is 4.72. The smallest absolute Gasteiger partial charge is 0.387 e. The lowest BCUT2D eigenvalue weighted by Crippen LogP contribution is -2.26. The highest BCUT2D eigenvalue weighted by Crippen LogP contribution is 2.28. The predicted molar refractivity (Wildman–Crippen MR) is 88.4 cm³/mol. The van der Waals surface area contributed by atoms with Gasteiger partial charge in [-0.15, -0.1) is 0 Å². The van der Waals surface area contributed by atoms with Gasteiger partial charge in [0.1, 0.15) is 10.6 Å². The van der Waals surface area contributed by atoms with E-state index in [2.05, 4.69) is 9.46 Å². The first-order valence-corrected chi connectivity index (χ1v) is 9.01. The third-order valence-electron chi connectivity index (χ3n) is 3.04. The Balaban J connectivity index is 1.98. The highest BCUT2D eigenvalue weighted by molar-refractivity contribution is 7.89. The first-order chi connectivity index (χ1) is 11.3. The Labute approximate surface area is 148 Å². The van der Waals surface area contributed by atoms with Crippen LogP contribution in [-0.4, -0.2) is 21.6 Å². The van der Waals surface area contributed by atoms with Gasteiger partial charge in [-0.1, -0.05) is 41.4 Å². The largest absolute Gasteiger partial charge is 0.435 e. The van der Waals surface area contributed by atoms with Crippen LogP contribution in [0.5, 0.6) is 5.75 Å². The molecule has 4 nitrogen and oxygen atoms in total. The van der Waals surface area contributed by atoms with Crippen molar-refractivity contribution in [3.63, 3.8) is 0 Å². The van der Waals surface area contributed by atoms with Gasteiger partial charge in [0, 0.05) is 6.54 Å². The summed E-state index contributed by atoms with van der Waals surface area (Å²) in [7, 11) is -3.85. The summed E-state index contributed by atoms with van der Waals surface area (Å²) in [6, 6.07) is 10.4. The molecule has 24 heavy (non-hydrogen) atoms. The summed E-state index contributed by atoms with van der Waals surface area (Å²) in [5.74, 6) is 0.0391. The highest BCUT2D eigenvalue weighted by Gasteiger charge is 2.20. The monoisotopic (exact) mass is 395 g/mol. The molecular weight excluding hydrogens is 383 g/mol. The number of halogens is 4. The fraction of sp³-hybridized carbons (Fsp3) is 0.200. The molecule has 9 heteroatoms. The van der Waals surface area contributed by atoms with Crippen molar-refractivity contribution < 1.29 is 21.9 Å². The summed E-state index contributed by atoms with van der Waals surface area (Å²) in [4.78, 5) is -0.172. The molecule has 2 rings (SSSR count). The predicted octanol–water partition coefficient (Wildman–Crippen LogP) is 4.12. The van der Waals surface area contributed by atoms with E-state index in [1.807, 2.05) is 0 Å². The number of hydrogen-bond acceptors (Lipinski definition) is 3. The van der Waals surface area contributed by atoms with Crippen LogP contribution in [0.1, 0.15) is 5.56 Å². The van der Waals surface area contributed by atoms with Crippen molar-refractivity contribution in [1.29, 1.82) is 0 Å². The summed E-state index contributed by atoms with van der Waals surface area (Å²) >= 11 is 11.8. The van der Waals surface area contributed by atoms with Gasteiger partial charge in [0.15, 0.2) is 0 Å². The van der Waals surface area contributed by atoms with Crippen molar-refractivity contribution in [2.45, 2.75) is 17.9 Å². The number of benzene rings is 2. The van der Waals surface area contributed by atoms with Crippen LogP contribution in [0.25, 0.3) is 0 Å². The first-order valence-electron chi connectivity index (χ1n) is 6.77. The lowest BCUT2D eigenvalue weighted by molar-refractivity contribution is -0.0498. The Morgan fingerprint density at radius 1 is 1.04 bits per heavy atom. The molecule has 0 saturated carbocycles. The van der Waals surface area contributed by atoms with Crippen LogP contribution < -0.4 is 9.46 Å². The van der Waals surface area contributed by atoms with Crippen molar-refractivity contribution in [3.8, 4) is 5.75 Å². The van der Waals surface area contributed by atoms with Crippen LogP contribution in [0, 0.1) is 0 Å². The van der Waals surface area contributed by atoms with Gasteiger partial charge in [-0.2, -0.15) is 8.78 Å². The van der Waals surface area contributed by atoms with E-state index in [9.17, 15) is 17.2 Å². The van der Waals surface area contributed by atoms with E-state index in [0.717, 1.165) is 5.56 Å². The van der Waals surface area contributed by atoms with Crippen LogP contribution in [0.3, 0.4) is 0 Å². The standard InChI is InChI=1S/C15H13Cl2F2NO3S/c16-12-2-1-3-13(17)14(12)24(21,22)20-9-8-10-4-6-11(7-5-10)23-15(18)19/h1-7,15,20H,8-9H2. The average Bonchev–Trinajstić information content (AvgIpc) is 2.48. The molecule has 2 aromatic rings. The lowest BCUT2D eigenvalue weighted by Gasteiger charge is -2.10. The van der Waals surface area contributed by atoms with Gasteiger partial charge in [0.2, 0.25) is 10.0 Å². The maximum Gasteiger partial charge on any atom is 0.387 e. The van der Waals surface area contributed by atoms with E-state index in [1.54, 1.807) is 18.2 Å². The van der Waals surface area contributed by atoms with Gasteiger partial charge < -0.3 is 4.74 Å². The number of ether oxygens (including phenoxy) is 1. The molecular formula is C15H13Cl2F2NO3S. The molecule has 0 aliphatic heterocycles. The van der Waals surface area contributed by atoms with Crippen LogP contribution in [-0.2, 0) is 16.4 Å². The minimum absolute atomic E-state index is 0.0310. The molecule has 0 bridgehead atoms. The quantitative estimate of drug-likeness (QED) is 0.766. The van der Waals surface area contributed by atoms with Crippen molar-refractivity contribution in [1.82, 2.24) is 4.72 Å². The second kappa shape index (κ2) is 8.11. The number of nitrogens with one attached hydrogen (secondary N) is 1. The summed E-state index contributed by atoms with van der Waals surface area (Å²) in [6.07, 6.45) is 0.357. The van der Waals surface area contributed by atoms with E-state index in [0.29, 0.717) is 6.42 Å². The molecule has 0 unspecified atom stereocenters. The van der Waals surface area contributed by atoms with Crippen molar-refractivity contribution in [3.05, 3.63) is 58.1 Å². The van der Waals surface area contributed by atoms with Crippen molar-refractivity contribution in [2.75, 3.05) is 6.54 Å². The third-order valence-corrected chi connectivity index (χ3v) is 5.46. The third kappa shape index (κ3) is 5.04. The molecule has 0 fully saturated rings. The van der Waals surface area contributed by atoms with Gasteiger partial charge in [-0.05, 0) is 36.2 Å².